The van der Waals surface area contributed by atoms with Gasteiger partial charge in [-0.2, -0.15) is 0 Å². The van der Waals surface area contributed by atoms with Crippen molar-refractivity contribution in [1.29, 1.82) is 0 Å². The van der Waals surface area contributed by atoms with Gasteiger partial charge in [0, 0.05) is 12.1 Å². The third-order valence-electron chi connectivity index (χ3n) is 6.60. The maximum atomic E-state index is 12.3. The van der Waals surface area contributed by atoms with E-state index in [0.717, 1.165) is 12.1 Å². The lowest BCUT2D eigenvalue weighted by Crippen LogP contribution is -2.42. The molecule has 0 aromatic carbocycles. The quantitative estimate of drug-likeness (QED) is 0.756. The predicted octanol–water partition coefficient (Wildman–Crippen LogP) is 4.41. The van der Waals surface area contributed by atoms with Gasteiger partial charge in [-0.15, -0.1) is 0 Å². The predicted molar refractivity (Wildman–Crippen MR) is 94.1 cm³/mol. The van der Waals surface area contributed by atoms with Crippen LogP contribution in [0.3, 0.4) is 0 Å². The third-order valence-corrected chi connectivity index (χ3v) is 6.60. The molecule has 128 valence electrons. The smallest absolute Gasteiger partial charge is 0.309 e. The minimum Gasteiger partial charge on any atom is -0.462 e. The molecule has 0 N–H and O–H groups in total. The van der Waals surface area contributed by atoms with E-state index < -0.39 is 0 Å². The highest BCUT2D eigenvalue weighted by molar-refractivity contribution is 5.75. The monoisotopic (exact) mass is 325 g/mol. The Morgan fingerprint density at radius 2 is 2.12 bits per heavy atom. The van der Waals surface area contributed by atoms with Crippen LogP contribution in [0, 0.1) is 36.5 Å². The molecule has 0 amide bonds. The fraction of sp³-hybridized carbons (Fsp3) is 0.619. The molecule has 2 aliphatic carbocycles. The number of rotatable bonds is 2. The molecule has 24 heavy (non-hydrogen) atoms. The number of fused-ring (bicyclic) bond motifs is 2. The largest absolute Gasteiger partial charge is 0.462 e. The van der Waals surface area contributed by atoms with E-state index in [-0.39, 0.29) is 18.0 Å². The molecule has 3 aliphatic rings. The van der Waals surface area contributed by atoms with E-state index in [9.17, 15) is 4.79 Å². The molecule has 0 unspecified atom stereocenters. The topological polar surface area (TPSA) is 39.2 Å². The number of cyclic esters (lactones) is 1. The van der Waals surface area contributed by atoms with E-state index in [2.05, 4.69) is 37.0 Å². The fourth-order valence-electron chi connectivity index (χ4n) is 5.46. The molecule has 3 fully saturated rings. The Morgan fingerprint density at radius 1 is 1.29 bits per heavy atom. The van der Waals surface area contributed by atoms with Gasteiger partial charge in [0.1, 0.15) is 6.10 Å². The van der Waals surface area contributed by atoms with Crippen molar-refractivity contribution in [3.05, 3.63) is 35.7 Å². The summed E-state index contributed by atoms with van der Waals surface area (Å²) >= 11 is 0. The number of pyridine rings is 1. The lowest BCUT2D eigenvalue weighted by Gasteiger charge is -2.45. The van der Waals surface area contributed by atoms with Crippen LogP contribution in [-0.2, 0) is 9.53 Å². The van der Waals surface area contributed by atoms with Crippen LogP contribution in [0.2, 0.25) is 0 Å². The van der Waals surface area contributed by atoms with Crippen molar-refractivity contribution >= 4 is 12.0 Å². The number of allylic oxidation sites excluding steroid dienone is 1. The molecule has 1 aliphatic heterocycles. The second kappa shape index (κ2) is 6.34. The summed E-state index contributed by atoms with van der Waals surface area (Å²) in [7, 11) is 0. The maximum Gasteiger partial charge on any atom is 0.309 e. The van der Waals surface area contributed by atoms with Crippen LogP contribution >= 0.6 is 0 Å². The zero-order chi connectivity index (χ0) is 16.7. The van der Waals surface area contributed by atoms with Crippen molar-refractivity contribution in [3.8, 4) is 0 Å². The summed E-state index contributed by atoms with van der Waals surface area (Å²) in [4.78, 5) is 16.8. The Balaban J connectivity index is 1.66. The molecule has 1 aromatic heterocycles. The van der Waals surface area contributed by atoms with Gasteiger partial charge >= 0.3 is 5.97 Å². The minimum absolute atomic E-state index is 0.0453. The fourth-order valence-corrected chi connectivity index (χ4v) is 5.46. The summed E-state index contributed by atoms with van der Waals surface area (Å²) < 4.78 is 5.63. The number of ether oxygens (including phenoxy) is 1. The lowest BCUT2D eigenvalue weighted by molar-refractivity contribution is -0.144. The standard InChI is InChI=1S/C21H27NO2/c1-13-6-5-11-22-19(13)10-9-17-16-8-4-3-7-15(16)12-18-20(17)14(2)24-21(18)23/h5-6,9-11,14-18,20H,3-4,7-8,12H2,1-2H3/b10-9+/t14-,15+,16-,17+,18-,20+/m1/s1. The van der Waals surface area contributed by atoms with Gasteiger partial charge in [0.05, 0.1) is 11.6 Å². The Kier molecular flexibility index (Phi) is 4.19. The Hall–Kier alpha value is -1.64. The zero-order valence-corrected chi connectivity index (χ0v) is 14.7. The molecule has 6 atom stereocenters. The average molecular weight is 325 g/mol. The highest BCUT2D eigenvalue weighted by atomic mass is 16.6. The van der Waals surface area contributed by atoms with E-state index in [4.69, 9.17) is 4.74 Å². The van der Waals surface area contributed by atoms with E-state index in [0.29, 0.717) is 23.7 Å². The molecule has 1 aromatic rings. The van der Waals surface area contributed by atoms with Gasteiger partial charge < -0.3 is 4.74 Å². The summed E-state index contributed by atoms with van der Waals surface area (Å²) in [5, 5.41) is 0. The zero-order valence-electron chi connectivity index (χ0n) is 14.7. The van der Waals surface area contributed by atoms with Crippen LogP contribution in [0.1, 0.15) is 50.3 Å². The van der Waals surface area contributed by atoms with Gasteiger partial charge in [-0.25, -0.2) is 0 Å². The van der Waals surface area contributed by atoms with Crippen molar-refractivity contribution in [2.75, 3.05) is 0 Å². The van der Waals surface area contributed by atoms with E-state index in [1.807, 2.05) is 12.3 Å². The molecule has 2 heterocycles. The lowest BCUT2D eigenvalue weighted by atomic mass is 9.57. The molecular formula is C21H27NO2. The molecule has 4 rings (SSSR count). The molecule has 3 heteroatoms. The van der Waals surface area contributed by atoms with Gasteiger partial charge in [0.25, 0.3) is 0 Å². The Morgan fingerprint density at radius 3 is 2.96 bits per heavy atom. The molecule has 1 saturated heterocycles. The highest BCUT2D eigenvalue weighted by Gasteiger charge is 2.53. The number of aryl methyl sites for hydroxylation is 1. The molecular weight excluding hydrogens is 298 g/mol. The van der Waals surface area contributed by atoms with Crippen LogP contribution < -0.4 is 0 Å². The van der Waals surface area contributed by atoms with Crippen LogP contribution in [0.15, 0.2) is 24.4 Å². The summed E-state index contributed by atoms with van der Waals surface area (Å²) in [6.45, 7) is 4.18. The Labute approximate surface area is 144 Å². The molecule has 3 nitrogen and oxygen atoms in total. The van der Waals surface area contributed by atoms with Gasteiger partial charge in [0.2, 0.25) is 0 Å². The van der Waals surface area contributed by atoms with Crippen LogP contribution in [0.25, 0.3) is 6.08 Å². The van der Waals surface area contributed by atoms with Gasteiger partial charge in [-0.05, 0) is 62.1 Å². The first kappa shape index (κ1) is 15.9. The number of nitrogens with zero attached hydrogens (tertiary/aromatic N) is 1. The van der Waals surface area contributed by atoms with Gasteiger partial charge in [-0.1, -0.05) is 31.4 Å². The van der Waals surface area contributed by atoms with Crippen molar-refractivity contribution < 1.29 is 9.53 Å². The van der Waals surface area contributed by atoms with Gasteiger partial charge in [-0.3, -0.25) is 9.78 Å². The molecule has 2 saturated carbocycles. The first-order valence-corrected chi connectivity index (χ1v) is 9.45. The van der Waals surface area contributed by atoms with Crippen LogP contribution in [-0.4, -0.2) is 17.1 Å². The average Bonchev–Trinajstić information content (AvgIpc) is 2.87. The van der Waals surface area contributed by atoms with Crippen molar-refractivity contribution in [2.24, 2.45) is 29.6 Å². The number of hydrogen-bond donors (Lipinski definition) is 0. The Bertz CT molecular complexity index is 653. The second-order valence-electron chi connectivity index (χ2n) is 7.91. The maximum absolute atomic E-state index is 12.3. The number of carbonyl (C=O) groups is 1. The first-order valence-electron chi connectivity index (χ1n) is 9.45. The number of hydrogen-bond acceptors (Lipinski definition) is 3. The number of esters is 1. The first-order chi connectivity index (χ1) is 11.6. The van der Waals surface area contributed by atoms with Gasteiger partial charge in [0.15, 0.2) is 0 Å². The normalized spacial score (nSPS) is 38.7. The van der Waals surface area contributed by atoms with Crippen molar-refractivity contribution in [1.82, 2.24) is 4.98 Å². The van der Waals surface area contributed by atoms with Crippen molar-refractivity contribution in [3.63, 3.8) is 0 Å². The number of aromatic nitrogens is 1. The summed E-state index contributed by atoms with van der Waals surface area (Å²) in [5.41, 5.74) is 2.25. The highest BCUT2D eigenvalue weighted by Crippen LogP contribution is 2.53. The van der Waals surface area contributed by atoms with Crippen LogP contribution in [0.5, 0.6) is 0 Å². The summed E-state index contributed by atoms with van der Waals surface area (Å²) in [6, 6.07) is 4.08. The SMILES string of the molecule is Cc1cccnc1/C=C/[C@H]1[C@@H]2CCCC[C@H]2C[C@H]2C(=O)O[C@H](C)[C@@H]12. The van der Waals surface area contributed by atoms with Crippen LogP contribution in [0.4, 0.5) is 0 Å². The van der Waals surface area contributed by atoms with E-state index in [1.165, 1.54) is 31.2 Å². The second-order valence-corrected chi connectivity index (χ2v) is 7.91. The molecule has 0 radical (unpaired) electrons. The van der Waals surface area contributed by atoms with E-state index >= 15 is 0 Å². The molecule has 0 bridgehead atoms. The summed E-state index contributed by atoms with van der Waals surface area (Å²) in [6.07, 6.45) is 12.7. The van der Waals surface area contributed by atoms with E-state index in [1.54, 1.807) is 0 Å². The minimum atomic E-state index is 0.0453. The summed E-state index contributed by atoms with van der Waals surface area (Å²) in [5.74, 6) is 2.34. The van der Waals surface area contributed by atoms with Crippen molar-refractivity contribution in [2.45, 2.75) is 52.1 Å². The number of carbonyl (C=O) groups excluding carboxylic acids is 1. The third kappa shape index (κ3) is 2.68. The molecule has 0 spiro atoms.